The lowest BCUT2D eigenvalue weighted by Crippen LogP contribution is -2.44. The summed E-state index contributed by atoms with van der Waals surface area (Å²) in [5, 5.41) is 18.2. The summed E-state index contributed by atoms with van der Waals surface area (Å²) in [5.41, 5.74) is 1.95. The maximum absolute atomic E-state index is 12.4. The highest BCUT2D eigenvalue weighted by atomic mass is 16.4. The second-order valence-corrected chi connectivity index (χ2v) is 7.08. The number of hydrogen-bond acceptors (Lipinski definition) is 4. The molecule has 2 saturated heterocycles. The lowest BCUT2D eigenvalue weighted by atomic mass is 10.0. The van der Waals surface area contributed by atoms with Crippen LogP contribution in [0.2, 0.25) is 0 Å². The molecule has 1 amide bonds. The highest BCUT2D eigenvalue weighted by Gasteiger charge is 2.33. The first-order chi connectivity index (χ1) is 12.6. The van der Waals surface area contributed by atoms with E-state index in [1.54, 1.807) is 22.8 Å². The number of nitrogens with one attached hydrogen (secondary N) is 1. The Kier molecular flexibility index (Phi) is 4.17. The van der Waals surface area contributed by atoms with Gasteiger partial charge in [0.25, 0.3) is 0 Å². The van der Waals surface area contributed by atoms with Crippen LogP contribution >= 0.6 is 0 Å². The molecule has 136 valence electrons. The molecule has 2 aromatic rings. The third-order valence-corrected chi connectivity index (χ3v) is 5.66. The lowest BCUT2D eigenvalue weighted by molar-refractivity contribution is 0.126. The predicted octanol–water partition coefficient (Wildman–Crippen LogP) is 1.59. The Balaban J connectivity index is 1.50. The Morgan fingerprint density at radius 2 is 1.92 bits per heavy atom. The smallest absolute Gasteiger partial charge is 0.407 e. The predicted molar refractivity (Wildman–Crippen MR) is 95.1 cm³/mol. The van der Waals surface area contributed by atoms with E-state index in [4.69, 9.17) is 10.4 Å². The number of imidazole rings is 1. The molecule has 0 radical (unpaired) electrons. The van der Waals surface area contributed by atoms with Gasteiger partial charge >= 0.3 is 11.8 Å². The van der Waals surface area contributed by atoms with Crippen molar-refractivity contribution in [3.05, 3.63) is 34.2 Å². The van der Waals surface area contributed by atoms with Crippen molar-refractivity contribution in [1.29, 1.82) is 5.26 Å². The molecule has 0 spiro atoms. The number of carbonyl (C=O) groups is 1. The second kappa shape index (κ2) is 6.50. The molecule has 1 aromatic heterocycles. The third kappa shape index (κ3) is 2.84. The van der Waals surface area contributed by atoms with Gasteiger partial charge < -0.3 is 15.0 Å². The number of amides is 1. The summed E-state index contributed by atoms with van der Waals surface area (Å²) in [6.45, 7) is 2.86. The first-order valence-corrected chi connectivity index (χ1v) is 8.93. The van der Waals surface area contributed by atoms with Crippen LogP contribution in [0.4, 0.5) is 4.79 Å². The molecule has 2 fully saturated rings. The van der Waals surface area contributed by atoms with Gasteiger partial charge in [-0.1, -0.05) is 0 Å². The van der Waals surface area contributed by atoms with Crippen LogP contribution in [0, 0.1) is 11.3 Å². The summed E-state index contributed by atoms with van der Waals surface area (Å²) in [4.78, 5) is 30.2. The molecule has 0 saturated carbocycles. The van der Waals surface area contributed by atoms with E-state index in [0.29, 0.717) is 18.7 Å². The van der Waals surface area contributed by atoms with Crippen molar-refractivity contribution in [2.24, 2.45) is 0 Å². The van der Waals surface area contributed by atoms with E-state index in [1.165, 1.54) is 4.90 Å². The molecule has 8 heteroatoms. The standard InChI is InChI=1S/C18H21N5O3/c19-10-12-1-2-15-16(9-12)23(17(24)20-15)13-3-6-21(7-4-13)14-5-8-22(11-14)18(25)26/h1-2,9,13-14H,3-8,11H2,(H,20,24)(H,25,26)/t14-/m0/s1. The van der Waals surface area contributed by atoms with Crippen molar-refractivity contribution in [1.82, 2.24) is 19.4 Å². The average Bonchev–Trinajstić information content (AvgIpc) is 3.25. The topological polar surface area (TPSA) is 105 Å². The van der Waals surface area contributed by atoms with Crippen molar-refractivity contribution >= 4 is 17.1 Å². The summed E-state index contributed by atoms with van der Waals surface area (Å²) < 4.78 is 1.78. The number of H-pyrrole nitrogens is 1. The Morgan fingerprint density at radius 3 is 2.58 bits per heavy atom. The average molecular weight is 355 g/mol. The number of fused-ring (bicyclic) bond motifs is 1. The zero-order valence-corrected chi connectivity index (χ0v) is 14.4. The van der Waals surface area contributed by atoms with Crippen molar-refractivity contribution < 1.29 is 9.90 Å². The van der Waals surface area contributed by atoms with E-state index in [9.17, 15) is 9.59 Å². The molecule has 8 nitrogen and oxygen atoms in total. The Morgan fingerprint density at radius 1 is 1.19 bits per heavy atom. The normalized spacial score (nSPS) is 22.0. The van der Waals surface area contributed by atoms with Gasteiger partial charge in [-0.2, -0.15) is 5.26 Å². The summed E-state index contributed by atoms with van der Waals surface area (Å²) in [6.07, 6.45) is 1.71. The number of nitriles is 1. The monoisotopic (exact) mass is 355 g/mol. The third-order valence-electron chi connectivity index (χ3n) is 5.66. The number of rotatable bonds is 2. The van der Waals surface area contributed by atoms with E-state index >= 15 is 0 Å². The molecule has 26 heavy (non-hydrogen) atoms. The Labute approximate surface area is 150 Å². The van der Waals surface area contributed by atoms with Crippen LogP contribution in [0.15, 0.2) is 23.0 Å². The maximum Gasteiger partial charge on any atom is 0.407 e. The van der Waals surface area contributed by atoms with Crippen LogP contribution < -0.4 is 5.69 Å². The zero-order valence-electron chi connectivity index (χ0n) is 14.4. The quantitative estimate of drug-likeness (QED) is 0.851. The number of piperidine rings is 1. The number of nitrogens with zero attached hydrogens (tertiary/aromatic N) is 4. The fourth-order valence-electron chi connectivity index (χ4n) is 4.28. The highest BCUT2D eigenvalue weighted by Crippen LogP contribution is 2.28. The minimum absolute atomic E-state index is 0.0958. The molecule has 2 aliphatic heterocycles. The van der Waals surface area contributed by atoms with Crippen molar-refractivity contribution in [2.75, 3.05) is 26.2 Å². The van der Waals surface area contributed by atoms with Crippen LogP contribution in [0.3, 0.4) is 0 Å². The van der Waals surface area contributed by atoms with Gasteiger partial charge in [-0.15, -0.1) is 0 Å². The van der Waals surface area contributed by atoms with E-state index in [2.05, 4.69) is 16.0 Å². The van der Waals surface area contributed by atoms with E-state index in [0.717, 1.165) is 43.4 Å². The summed E-state index contributed by atoms with van der Waals surface area (Å²) >= 11 is 0. The van der Waals surface area contributed by atoms with Crippen molar-refractivity contribution in [3.63, 3.8) is 0 Å². The second-order valence-electron chi connectivity index (χ2n) is 7.08. The fraction of sp³-hybridized carbons (Fsp3) is 0.500. The molecule has 4 rings (SSSR count). The van der Waals surface area contributed by atoms with Crippen molar-refractivity contribution in [3.8, 4) is 6.07 Å². The molecule has 2 N–H and O–H groups in total. The minimum atomic E-state index is -0.846. The molecule has 0 bridgehead atoms. The lowest BCUT2D eigenvalue weighted by Gasteiger charge is -2.36. The van der Waals surface area contributed by atoms with Crippen LogP contribution in [-0.4, -0.2) is 62.8 Å². The van der Waals surface area contributed by atoms with E-state index in [1.807, 2.05) is 0 Å². The largest absolute Gasteiger partial charge is 0.465 e. The summed E-state index contributed by atoms with van der Waals surface area (Å²) in [7, 11) is 0. The SMILES string of the molecule is N#Cc1ccc2[nH]c(=O)n(C3CCN([C@H]4CCN(C(=O)O)C4)CC3)c2c1. The molecule has 0 unspecified atom stereocenters. The van der Waals surface area contributed by atoms with Crippen LogP contribution in [-0.2, 0) is 0 Å². The number of benzene rings is 1. The summed E-state index contributed by atoms with van der Waals surface area (Å²) in [6, 6.07) is 7.75. The Bertz CT molecular complexity index is 932. The van der Waals surface area contributed by atoms with Gasteiger partial charge in [0.2, 0.25) is 0 Å². The number of hydrogen-bond donors (Lipinski definition) is 2. The van der Waals surface area contributed by atoms with Crippen LogP contribution in [0.5, 0.6) is 0 Å². The molecular weight excluding hydrogens is 334 g/mol. The molecule has 2 aliphatic rings. The van der Waals surface area contributed by atoms with Gasteiger partial charge in [-0.3, -0.25) is 9.47 Å². The van der Waals surface area contributed by atoms with Gasteiger partial charge in [0.05, 0.1) is 22.7 Å². The van der Waals surface area contributed by atoms with Gasteiger partial charge in [0.1, 0.15) is 0 Å². The molecule has 1 aromatic carbocycles. The van der Waals surface area contributed by atoms with Gasteiger partial charge in [0.15, 0.2) is 0 Å². The van der Waals surface area contributed by atoms with Gasteiger partial charge in [0, 0.05) is 38.3 Å². The fourth-order valence-corrected chi connectivity index (χ4v) is 4.28. The maximum atomic E-state index is 12.4. The van der Waals surface area contributed by atoms with Gasteiger partial charge in [-0.25, -0.2) is 9.59 Å². The molecular formula is C18H21N5O3. The van der Waals surface area contributed by atoms with Crippen molar-refractivity contribution in [2.45, 2.75) is 31.3 Å². The molecule has 1 atom stereocenters. The number of likely N-dealkylation sites (tertiary alicyclic amines) is 2. The van der Waals surface area contributed by atoms with Gasteiger partial charge in [-0.05, 0) is 37.5 Å². The zero-order chi connectivity index (χ0) is 18.3. The van der Waals surface area contributed by atoms with Crippen LogP contribution in [0.25, 0.3) is 11.0 Å². The minimum Gasteiger partial charge on any atom is -0.465 e. The molecule has 3 heterocycles. The first-order valence-electron chi connectivity index (χ1n) is 8.93. The van der Waals surface area contributed by atoms with Crippen LogP contribution in [0.1, 0.15) is 30.9 Å². The Hall–Kier alpha value is -2.79. The first kappa shape index (κ1) is 16.7. The number of aromatic nitrogens is 2. The highest BCUT2D eigenvalue weighted by molar-refractivity contribution is 5.77. The number of carboxylic acid groups (broad SMARTS) is 1. The summed E-state index contributed by atoms with van der Waals surface area (Å²) in [5.74, 6) is 0. The molecule has 0 aliphatic carbocycles. The van der Waals surface area contributed by atoms with E-state index in [-0.39, 0.29) is 17.8 Å². The number of aromatic amines is 1. The van der Waals surface area contributed by atoms with E-state index < -0.39 is 6.09 Å².